The van der Waals surface area contributed by atoms with Gasteiger partial charge in [0.05, 0.1) is 5.92 Å². The SMILES string of the molecule is O=C1CCCCC1C(C#Cc1ccccc1)c1ccccc1. The number of hydrogen-bond donors (Lipinski definition) is 0. The predicted molar refractivity (Wildman–Crippen MR) is 89.5 cm³/mol. The van der Waals surface area contributed by atoms with Crippen molar-refractivity contribution in [1.82, 2.24) is 0 Å². The van der Waals surface area contributed by atoms with Crippen molar-refractivity contribution in [3.63, 3.8) is 0 Å². The molecule has 0 N–H and O–H groups in total. The van der Waals surface area contributed by atoms with Gasteiger partial charge in [0, 0.05) is 17.9 Å². The van der Waals surface area contributed by atoms with Gasteiger partial charge in [-0.25, -0.2) is 0 Å². The van der Waals surface area contributed by atoms with Gasteiger partial charge >= 0.3 is 0 Å². The van der Waals surface area contributed by atoms with E-state index in [1.807, 2.05) is 48.5 Å². The zero-order chi connectivity index (χ0) is 15.2. The summed E-state index contributed by atoms with van der Waals surface area (Å²) in [5.74, 6) is 7.07. The molecule has 1 aliphatic rings. The van der Waals surface area contributed by atoms with Crippen LogP contribution >= 0.6 is 0 Å². The van der Waals surface area contributed by atoms with Crippen molar-refractivity contribution in [3.8, 4) is 11.8 Å². The Morgan fingerprint density at radius 2 is 1.59 bits per heavy atom. The summed E-state index contributed by atoms with van der Waals surface area (Å²) in [6.07, 6.45) is 3.83. The molecule has 1 aliphatic carbocycles. The van der Waals surface area contributed by atoms with Gasteiger partial charge in [-0.1, -0.05) is 66.8 Å². The Hall–Kier alpha value is -2.33. The number of carbonyl (C=O) groups is 1. The molecular weight excluding hydrogens is 268 g/mol. The lowest BCUT2D eigenvalue weighted by atomic mass is 9.76. The molecule has 2 atom stereocenters. The van der Waals surface area contributed by atoms with E-state index in [0.29, 0.717) is 12.2 Å². The smallest absolute Gasteiger partial charge is 0.137 e. The van der Waals surface area contributed by atoms with Gasteiger partial charge in [-0.3, -0.25) is 4.79 Å². The van der Waals surface area contributed by atoms with Crippen LogP contribution in [-0.4, -0.2) is 5.78 Å². The lowest BCUT2D eigenvalue weighted by Gasteiger charge is -2.26. The molecule has 2 aromatic carbocycles. The molecule has 0 spiro atoms. The van der Waals surface area contributed by atoms with Crippen LogP contribution in [0.5, 0.6) is 0 Å². The highest BCUT2D eigenvalue weighted by Gasteiger charge is 2.30. The lowest BCUT2D eigenvalue weighted by molar-refractivity contribution is -0.124. The second-order valence-corrected chi connectivity index (χ2v) is 5.84. The van der Waals surface area contributed by atoms with Crippen LogP contribution in [-0.2, 0) is 4.79 Å². The van der Waals surface area contributed by atoms with Crippen molar-refractivity contribution in [1.29, 1.82) is 0 Å². The van der Waals surface area contributed by atoms with Crippen molar-refractivity contribution >= 4 is 5.78 Å². The molecule has 0 radical (unpaired) electrons. The van der Waals surface area contributed by atoms with E-state index >= 15 is 0 Å². The zero-order valence-electron chi connectivity index (χ0n) is 12.7. The number of benzene rings is 2. The first-order valence-electron chi connectivity index (χ1n) is 7.99. The molecule has 0 amide bonds. The summed E-state index contributed by atoms with van der Waals surface area (Å²) < 4.78 is 0. The van der Waals surface area contributed by atoms with Crippen LogP contribution in [0.3, 0.4) is 0 Å². The second kappa shape index (κ2) is 7.09. The van der Waals surface area contributed by atoms with Gasteiger partial charge in [0.15, 0.2) is 0 Å². The quantitative estimate of drug-likeness (QED) is 0.739. The molecular formula is C21H20O. The Balaban J connectivity index is 1.93. The van der Waals surface area contributed by atoms with E-state index in [9.17, 15) is 4.79 Å². The van der Waals surface area contributed by atoms with Gasteiger partial charge in [0.25, 0.3) is 0 Å². The first kappa shape index (κ1) is 14.6. The van der Waals surface area contributed by atoms with E-state index in [4.69, 9.17) is 0 Å². The minimum absolute atomic E-state index is 0.00852. The summed E-state index contributed by atoms with van der Waals surface area (Å²) in [5.41, 5.74) is 2.16. The van der Waals surface area contributed by atoms with E-state index in [0.717, 1.165) is 30.4 Å². The third-order valence-electron chi connectivity index (χ3n) is 4.31. The average molecular weight is 288 g/mol. The van der Waals surface area contributed by atoms with Gasteiger partial charge in [0.1, 0.15) is 5.78 Å². The summed E-state index contributed by atoms with van der Waals surface area (Å²) in [5, 5.41) is 0. The van der Waals surface area contributed by atoms with E-state index in [-0.39, 0.29) is 11.8 Å². The van der Waals surface area contributed by atoms with Crippen LogP contribution in [0.4, 0.5) is 0 Å². The van der Waals surface area contributed by atoms with Crippen molar-refractivity contribution < 1.29 is 4.79 Å². The Morgan fingerprint density at radius 1 is 0.909 bits per heavy atom. The normalized spacial score (nSPS) is 19.1. The molecule has 2 aromatic rings. The largest absolute Gasteiger partial charge is 0.299 e. The number of hydrogen-bond acceptors (Lipinski definition) is 1. The first-order chi connectivity index (χ1) is 10.8. The van der Waals surface area contributed by atoms with Crippen LogP contribution in [0.25, 0.3) is 0 Å². The number of Topliss-reactive ketones (excluding diaryl/α,β-unsaturated/α-hetero) is 1. The fourth-order valence-corrected chi connectivity index (χ4v) is 3.12. The van der Waals surface area contributed by atoms with Crippen molar-refractivity contribution in [3.05, 3.63) is 71.8 Å². The summed E-state index contributed by atoms with van der Waals surface area (Å²) in [6.45, 7) is 0. The molecule has 1 saturated carbocycles. The van der Waals surface area contributed by atoms with Gasteiger partial charge < -0.3 is 0 Å². The van der Waals surface area contributed by atoms with Crippen LogP contribution < -0.4 is 0 Å². The highest BCUT2D eigenvalue weighted by molar-refractivity contribution is 5.83. The number of rotatable bonds is 2. The lowest BCUT2D eigenvalue weighted by Crippen LogP contribution is -2.25. The molecule has 0 aromatic heterocycles. The maximum Gasteiger partial charge on any atom is 0.137 e. The van der Waals surface area contributed by atoms with Crippen molar-refractivity contribution in [2.75, 3.05) is 0 Å². The van der Waals surface area contributed by atoms with Crippen LogP contribution in [0, 0.1) is 17.8 Å². The fourth-order valence-electron chi connectivity index (χ4n) is 3.12. The monoisotopic (exact) mass is 288 g/mol. The van der Waals surface area contributed by atoms with Crippen molar-refractivity contribution in [2.45, 2.75) is 31.6 Å². The highest BCUT2D eigenvalue weighted by atomic mass is 16.1. The van der Waals surface area contributed by atoms with Crippen LogP contribution in [0.15, 0.2) is 60.7 Å². The summed E-state index contributed by atoms with van der Waals surface area (Å²) >= 11 is 0. The van der Waals surface area contributed by atoms with E-state index < -0.39 is 0 Å². The Kier molecular flexibility index (Phi) is 4.71. The first-order valence-corrected chi connectivity index (χ1v) is 7.99. The third kappa shape index (κ3) is 3.46. The van der Waals surface area contributed by atoms with Crippen LogP contribution in [0.2, 0.25) is 0 Å². The second-order valence-electron chi connectivity index (χ2n) is 5.84. The standard InChI is InChI=1S/C21H20O/c22-21-14-8-7-13-20(21)19(18-11-5-2-6-12-18)16-15-17-9-3-1-4-10-17/h1-6,9-12,19-20H,7-8,13-14H2. The molecule has 0 saturated heterocycles. The number of ketones is 1. The van der Waals surface area contributed by atoms with Gasteiger partial charge in [0.2, 0.25) is 0 Å². The Bertz CT molecular complexity index is 676. The molecule has 0 aliphatic heterocycles. The molecule has 0 heterocycles. The van der Waals surface area contributed by atoms with Gasteiger partial charge in [-0.15, -0.1) is 0 Å². The molecule has 0 bridgehead atoms. The minimum Gasteiger partial charge on any atom is -0.299 e. The molecule has 110 valence electrons. The fraction of sp³-hybridized carbons (Fsp3) is 0.286. The summed E-state index contributed by atoms with van der Waals surface area (Å²) in [4.78, 5) is 12.4. The molecule has 1 heteroatoms. The van der Waals surface area contributed by atoms with E-state index in [1.54, 1.807) is 0 Å². The van der Waals surface area contributed by atoms with Crippen LogP contribution in [0.1, 0.15) is 42.7 Å². The van der Waals surface area contributed by atoms with Crippen molar-refractivity contribution in [2.24, 2.45) is 5.92 Å². The third-order valence-corrected chi connectivity index (χ3v) is 4.31. The molecule has 22 heavy (non-hydrogen) atoms. The minimum atomic E-state index is 0.00852. The van der Waals surface area contributed by atoms with E-state index in [1.165, 1.54) is 0 Å². The maximum atomic E-state index is 12.4. The zero-order valence-corrected chi connectivity index (χ0v) is 12.7. The predicted octanol–water partition coefficient (Wildman–Crippen LogP) is 4.58. The van der Waals surface area contributed by atoms with Gasteiger partial charge in [-0.05, 0) is 30.5 Å². The molecule has 1 fully saturated rings. The topological polar surface area (TPSA) is 17.1 Å². The molecule has 1 nitrogen and oxygen atoms in total. The Labute approximate surface area is 132 Å². The van der Waals surface area contributed by atoms with Gasteiger partial charge in [-0.2, -0.15) is 0 Å². The Morgan fingerprint density at radius 3 is 2.27 bits per heavy atom. The highest BCUT2D eigenvalue weighted by Crippen LogP contribution is 2.33. The van der Waals surface area contributed by atoms with E-state index in [2.05, 4.69) is 24.0 Å². The molecule has 2 unspecified atom stereocenters. The number of carbonyl (C=O) groups excluding carboxylic acids is 1. The maximum absolute atomic E-state index is 12.4. The summed E-state index contributed by atoms with van der Waals surface area (Å²) in [6, 6.07) is 20.2. The summed E-state index contributed by atoms with van der Waals surface area (Å²) in [7, 11) is 0. The molecule has 3 rings (SSSR count). The average Bonchev–Trinajstić information content (AvgIpc) is 2.58.